The molecule has 5 nitrogen and oxygen atoms in total. The van der Waals surface area contributed by atoms with Crippen LogP contribution < -0.4 is 11.1 Å². The fraction of sp³-hybridized carbons (Fsp3) is 0.667. The summed E-state index contributed by atoms with van der Waals surface area (Å²) in [6.07, 6.45) is 1.47. The van der Waals surface area contributed by atoms with Gasteiger partial charge in [0.15, 0.2) is 5.82 Å². The Morgan fingerprint density at radius 3 is 2.39 bits per heavy atom. The van der Waals surface area contributed by atoms with E-state index in [0.29, 0.717) is 12.4 Å². The molecule has 0 atom stereocenters. The number of carbonyl (C=O) groups excluding carboxylic acids is 1. The van der Waals surface area contributed by atoms with Gasteiger partial charge in [0.2, 0.25) is 5.91 Å². The number of halogens is 1. The van der Waals surface area contributed by atoms with Crippen molar-refractivity contribution in [1.29, 1.82) is 0 Å². The maximum atomic E-state index is 12.2. The maximum absolute atomic E-state index is 12.2. The topological polar surface area (TPSA) is 72.9 Å². The first-order valence-corrected chi connectivity index (χ1v) is 6.01. The number of nitrogens with two attached hydrogens (primary N) is 1. The predicted octanol–water partition coefficient (Wildman–Crippen LogP) is 1.85. The number of hydrogen-bond donors (Lipinski definition) is 2. The summed E-state index contributed by atoms with van der Waals surface area (Å²) >= 11 is 0. The van der Waals surface area contributed by atoms with Crippen molar-refractivity contribution in [3.05, 3.63) is 11.8 Å². The van der Waals surface area contributed by atoms with Crippen molar-refractivity contribution in [3.8, 4) is 0 Å². The number of aryl methyl sites for hydroxylation is 2. The molecule has 0 fully saturated rings. The highest BCUT2D eigenvalue weighted by molar-refractivity contribution is 5.94. The lowest BCUT2D eigenvalue weighted by Crippen LogP contribution is -2.41. The lowest BCUT2D eigenvalue weighted by Gasteiger charge is -2.27. The highest BCUT2D eigenvalue weighted by Crippen LogP contribution is 2.26. The van der Waals surface area contributed by atoms with Crippen LogP contribution in [0.2, 0.25) is 0 Å². The summed E-state index contributed by atoms with van der Waals surface area (Å²) in [4.78, 5) is 12.2. The predicted molar refractivity (Wildman–Crippen MR) is 75.9 cm³/mol. The van der Waals surface area contributed by atoms with Gasteiger partial charge in [0, 0.05) is 25.4 Å². The fourth-order valence-electron chi connectivity index (χ4n) is 1.82. The number of amides is 1. The number of rotatable bonds is 5. The Morgan fingerprint density at radius 2 is 2.06 bits per heavy atom. The van der Waals surface area contributed by atoms with E-state index >= 15 is 0 Å². The summed E-state index contributed by atoms with van der Waals surface area (Å²) in [5.74, 6) is 0.554. The lowest BCUT2D eigenvalue weighted by atomic mass is 9.81. The van der Waals surface area contributed by atoms with Crippen LogP contribution in [0.25, 0.3) is 0 Å². The number of nitrogens with zero attached hydrogens (tertiary/aromatic N) is 2. The minimum absolute atomic E-state index is 0. The molecule has 0 saturated carbocycles. The molecular weight excluding hydrogens is 252 g/mol. The molecule has 0 aliphatic rings. The van der Waals surface area contributed by atoms with Gasteiger partial charge in [-0.2, -0.15) is 5.10 Å². The van der Waals surface area contributed by atoms with Gasteiger partial charge in [0.1, 0.15) is 0 Å². The van der Waals surface area contributed by atoms with Crippen molar-refractivity contribution in [1.82, 2.24) is 9.78 Å². The first kappa shape index (κ1) is 16.9. The Bertz CT molecular complexity index is 371. The molecule has 0 radical (unpaired) electrons. The average molecular weight is 275 g/mol. The summed E-state index contributed by atoms with van der Waals surface area (Å²) < 4.78 is 1.73. The molecule has 1 rings (SSSR count). The molecule has 18 heavy (non-hydrogen) atoms. The Labute approximate surface area is 115 Å². The summed E-state index contributed by atoms with van der Waals surface area (Å²) in [5, 5.41) is 7.06. The lowest BCUT2D eigenvalue weighted by molar-refractivity contribution is -0.125. The molecule has 0 aliphatic carbocycles. The van der Waals surface area contributed by atoms with Gasteiger partial charge >= 0.3 is 0 Å². The molecule has 0 aromatic carbocycles. The number of hydrogen-bond acceptors (Lipinski definition) is 3. The zero-order valence-electron chi connectivity index (χ0n) is 11.5. The third-order valence-corrected chi connectivity index (χ3v) is 3.58. The normalized spacial score (nSPS) is 10.9. The zero-order valence-corrected chi connectivity index (χ0v) is 12.3. The first-order valence-electron chi connectivity index (χ1n) is 6.01. The van der Waals surface area contributed by atoms with E-state index in [1.807, 2.05) is 33.9 Å². The molecule has 3 N–H and O–H groups in total. The standard InChI is InChI=1S/C12H22N4O.ClH/c1-5-12(6-2,8-13)11(17)14-10-7-9(3)16(4)15-10;/h7H,5-6,8,13H2,1-4H3,(H,14,15,17);1H. The Morgan fingerprint density at radius 1 is 1.50 bits per heavy atom. The quantitative estimate of drug-likeness (QED) is 0.861. The molecule has 0 bridgehead atoms. The van der Waals surface area contributed by atoms with E-state index in [2.05, 4.69) is 10.4 Å². The van der Waals surface area contributed by atoms with Crippen LogP contribution in [0.5, 0.6) is 0 Å². The highest BCUT2D eigenvalue weighted by atomic mass is 35.5. The molecule has 1 amide bonds. The van der Waals surface area contributed by atoms with Crippen LogP contribution in [-0.4, -0.2) is 22.2 Å². The smallest absolute Gasteiger partial charge is 0.233 e. The average Bonchev–Trinajstić information content (AvgIpc) is 2.61. The van der Waals surface area contributed by atoms with E-state index in [-0.39, 0.29) is 18.3 Å². The van der Waals surface area contributed by atoms with E-state index in [0.717, 1.165) is 18.5 Å². The number of carbonyl (C=O) groups is 1. The van der Waals surface area contributed by atoms with Gasteiger partial charge in [-0.05, 0) is 19.8 Å². The van der Waals surface area contributed by atoms with Crippen molar-refractivity contribution >= 4 is 24.1 Å². The van der Waals surface area contributed by atoms with Crippen molar-refractivity contribution in [2.45, 2.75) is 33.6 Å². The van der Waals surface area contributed by atoms with E-state index < -0.39 is 5.41 Å². The molecule has 6 heteroatoms. The van der Waals surface area contributed by atoms with Crippen LogP contribution >= 0.6 is 12.4 Å². The van der Waals surface area contributed by atoms with E-state index in [1.165, 1.54) is 0 Å². The Hall–Kier alpha value is -1.07. The molecular formula is C12H23ClN4O. The maximum Gasteiger partial charge on any atom is 0.233 e. The molecule has 0 saturated heterocycles. The van der Waals surface area contributed by atoms with Crippen LogP contribution in [0, 0.1) is 12.3 Å². The minimum atomic E-state index is -0.481. The second kappa shape index (κ2) is 6.75. The summed E-state index contributed by atoms with van der Waals surface area (Å²) in [6.45, 7) is 6.27. The van der Waals surface area contributed by atoms with Crippen molar-refractivity contribution in [2.24, 2.45) is 18.2 Å². The third-order valence-electron chi connectivity index (χ3n) is 3.58. The van der Waals surface area contributed by atoms with Gasteiger partial charge in [0.25, 0.3) is 0 Å². The van der Waals surface area contributed by atoms with Crippen molar-refractivity contribution in [3.63, 3.8) is 0 Å². The van der Waals surface area contributed by atoms with E-state index in [1.54, 1.807) is 4.68 Å². The molecule has 0 aliphatic heterocycles. The van der Waals surface area contributed by atoms with Crippen LogP contribution in [0.1, 0.15) is 32.4 Å². The molecule has 0 unspecified atom stereocenters. The highest BCUT2D eigenvalue weighted by Gasteiger charge is 2.33. The number of aromatic nitrogens is 2. The van der Waals surface area contributed by atoms with Gasteiger partial charge in [-0.1, -0.05) is 13.8 Å². The van der Waals surface area contributed by atoms with E-state index in [4.69, 9.17) is 5.73 Å². The second-order valence-electron chi connectivity index (χ2n) is 4.44. The van der Waals surface area contributed by atoms with Gasteiger partial charge in [-0.15, -0.1) is 12.4 Å². The van der Waals surface area contributed by atoms with Crippen LogP contribution in [0.3, 0.4) is 0 Å². The summed E-state index contributed by atoms with van der Waals surface area (Å²) in [5.41, 5.74) is 6.26. The Balaban J connectivity index is 0.00000289. The van der Waals surface area contributed by atoms with Crippen molar-refractivity contribution < 1.29 is 4.79 Å². The Kier molecular flexibility index (Phi) is 6.35. The monoisotopic (exact) mass is 274 g/mol. The largest absolute Gasteiger partial charge is 0.329 e. The van der Waals surface area contributed by atoms with Gasteiger partial charge in [-0.25, -0.2) is 0 Å². The zero-order chi connectivity index (χ0) is 13.1. The fourth-order valence-corrected chi connectivity index (χ4v) is 1.82. The second-order valence-corrected chi connectivity index (χ2v) is 4.44. The van der Waals surface area contributed by atoms with Crippen molar-refractivity contribution in [2.75, 3.05) is 11.9 Å². The molecule has 1 aromatic heterocycles. The van der Waals surface area contributed by atoms with E-state index in [9.17, 15) is 4.79 Å². The van der Waals surface area contributed by atoms with Gasteiger partial charge < -0.3 is 11.1 Å². The molecule has 0 spiro atoms. The summed E-state index contributed by atoms with van der Waals surface area (Å²) in [7, 11) is 1.85. The third kappa shape index (κ3) is 3.23. The van der Waals surface area contributed by atoms with Crippen LogP contribution in [0.15, 0.2) is 6.07 Å². The SMILES string of the molecule is CCC(CC)(CN)C(=O)Nc1cc(C)n(C)n1.Cl. The molecule has 1 aromatic rings. The minimum Gasteiger partial charge on any atom is -0.329 e. The number of nitrogens with one attached hydrogen (secondary N) is 1. The summed E-state index contributed by atoms with van der Waals surface area (Å²) in [6, 6.07) is 1.85. The molecule has 1 heterocycles. The first-order chi connectivity index (χ1) is 7.99. The van der Waals surface area contributed by atoms with Crippen LogP contribution in [-0.2, 0) is 11.8 Å². The van der Waals surface area contributed by atoms with Gasteiger partial charge in [0.05, 0.1) is 5.41 Å². The van der Waals surface area contributed by atoms with Gasteiger partial charge in [-0.3, -0.25) is 9.48 Å². The molecule has 104 valence electrons. The van der Waals surface area contributed by atoms with Crippen LogP contribution in [0.4, 0.5) is 5.82 Å². The number of anilines is 1.